The standard InChI is InChI=1S/C6H12N2O/c1-3-4-5-7-8-6(2)9/h5H,3-4H2,1-2H3,(H,8,9). The zero-order valence-corrected chi connectivity index (χ0v) is 5.85. The molecule has 0 spiro atoms. The van der Waals surface area contributed by atoms with Crippen molar-refractivity contribution in [3.8, 4) is 0 Å². The number of carbonyl (C=O) groups excluding carboxylic acids is 1. The molecule has 0 fully saturated rings. The molecule has 0 unspecified atom stereocenters. The quantitative estimate of drug-likeness (QED) is 0.445. The molecular weight excluding hydrogens is 116 g/mol. The van der Waals surface area contributed by atoms with Gasteiger partial charge in [-0.15, -0.1) is 0 Å². The van der Waals surface area contributed by atoms with Gasteiger partial charge in [-0.3, -0.25) is 4.79 Å². The third kappa shape index (κ3) is 7.14. The molecule has 3 nitrogen and oxygen atoms in total. The molecule has 0 aliphatic heterocycles. The lowest BCUT2D eigenvalue weighted by Gasteiger charge is -1.88. The molecule has 0 radical (unpaired) electrons. The SMILES string of the molecule is CCCC=NNC(C)=O. The van der Waals surface area contributed by atoms with E-state index in [-0.39, 0.29) is 5.91 Å². The van der Waals surface area contributed by atoms with Crippen LogP contribution in [0.4, 0.5) is 0 Å². The van der Waals surface area contributed by atoms with Crippen LogP contribution in [0.25, 0.3) is 0 Å². The highest BCUT2D eigenvalue weighted by molar-refractivity contribution is 5.73. The van der Waals surface area contributed by atoms with Crippen molar-refractivity contribution in [1.29, 1.82) is 0 Å². The van der Waals surface area contributed by atoms with E-state index in [1.807, 2.05) is 0 Å². The number of hydrogen-bond acceptors (Lipinski definition) is 2. The average Bonchev–Trinajstić information content (AvgIpc) is 1.80. The third-order valence-corrected chi connectivity index (χ3v) is 0.731. The van der Waals surface area contributed by atoms with Gasteiger partial charge < -0.3 is 0 Å². The lowest BCUT2D eigenvalue weighted by molar-refractivity contribution is -0.118. The summed E-state index contributed by atoms with van der Waals surface area (Å²) in [4.78, 5) is 10.2. The van der Waals surface area contributed by atoms with Gasteiger partial charge in [0.05, 0.1) is 0 Å². The van der Waals surface area contributed by atoms with E-state index < -0.39 is 0 Å². The second-order valence-corrected chi connectivity index (χ2v) is 1.77. The van der Waals surface area contributed by atoms with Crippen molar-refractivity contribution in [3.05, 3.63) is 0 Å². The van der Waals surface area contributed by atoms with Crippen LogP contribution in [0.2, 0.25) is 0 Å². The number of carbonyl (C=O) groups is 1. The van der Waals surface area contributed by atoms with Crippen LogP contribution in [0, 0.1) is 0 Å². The molecule has 0 aliphatic rings. The van der Waals surface area contributed by atoms with Crippen LogP contribution < -0.4 is 5.43 Å². The topological polar surface area (TPSA) is 41.5 Å². The van der Waals surface area contributed by atoms with Crippen molar-refractivity contribution in [2.75, 3.05) is 0 Å². The summed E-state index contributed by atoms with van der Waals surface area (Å²) in [5, 5.41) is 3.64. The zero-order valence-electron chi connectivity index (χ0n) is 5.85. The highest BCUT2D eigenvalue weighted by atomic mass is 16.2. The molecule has 1 N–H and O–H groups in total. The van der Waals surface area contributed by atoms with Crippen molar-refractivity contribution in [3.63, 3.8) is 0 Å². The molecule has 0 rings (SSSR count). The maximum absolute atomic E-state index is 10.2. The summed E-state index contributed by atoms with van der Waals surface area (Å²) in [6.45, 7) is 3.49. The average molecular weight is 128 g/mol. The van der Waals surface area contributed by atoms with Gasteiger partial charge in [0.25, 0.3) is 0 Å². The van der Waals surface area contributed by atoms with Crippen LogP contribution in [0.1, 0.15) is 26.7 Å². The maximum Gasteiger partial charge on any atom is 0.236 e. The summed E-state index contributed by atoms with van der Waals surface area (Å²) in [7, 11) is 0. The summed E-state index contributed by atoms with van der Waals surface area (Å²) in [5.74, 6) is -0.123. The number of rotatable bonds is 3. The second-order valence-electron chi connectivity index (χ2n) is 1.77. The van der Waals surface area contributed by atoms with Gasteiger partial charge in [0, 0.05) is 13.1 Å². The number of nitrogens with one attached hydrogen (secondary N) is 1. The molecule has 0 aromatic heterocycles. The van der Waals surface area contributed by atoms with E-state index in [4.69, 9.17) is 0 Å². The minimum absolute atomic E-state index is 0.123. The van der Waals surface area contributed by atoms with Gasteiger partial charge in [0.1, 0.15) is 0 Å². The van der Waals surface area contributed by atoms with Gasteiger partial charge in [-0.1, -0.05) is 13.3 Å². The van der Waals surface area contributed by atoms with E-state index in [0.717, 1.165) is 12.8 Å². The van der Waals surface area contributed by atoms with Crippen LogP contribution in [0.3, 0.4) is 0 Å². The minimum Gasteiger partial charge on any atom is -0.274 e. The van der Waals surface area contributed by atoms with Gasteiger partial charge in [0.2, 0.25) is 5.91 Å². The normalized spacial score (nSPS) is 10.0. The number of hydrazone groups is 1. The monoisotopic (exact) mass is 128 g/mol. The molecule has 0 bridgehead atoms. The predicted molar refractivity (Wildman–Crippen MR) is 37.2 cm³/mol. The maximum atomic E-state index is 10.2. The lowest BCUT2D eigenvalue weighted by atomic mass is 10.4. The predicted octanol–water partition coefficient (Wildman–Crippen LogP) is 0.908. The van der Waals surface area contributed by atoms with Crippen molar-refractivity contribution in [2.45, 2.75) is 26.7 Å². The third-order valence-electron chi connectivity index (χ3n) is 0.731. The number of nitrogens with zero attached hydrogens (tertiary/aromatic N) is 1. The van der Waals surface area contributed by atoms with Crippen LogP contribution in [-0.2, 0) is 4.79 Å². The minimum atomic E-state index is -0.123. The number of hydrogen-bond donors (Lipinski definition) is 1. The Morgan fingerprint density at radius 2 is 2.44 bits per heavy atom. The number of amides is 1. The molecule has 1 amide bonds. The fourth-order valence-electron chi connectivity index (χ4n) is 0.330. The Morgan fingerprint density at radius 1 is 1.78 bits per heavy atom. The fourth-order valence-corrected chi connectivity index (χ4v) is 0.330. The first-order valence-electron chi connectivity index (χ1n) is 3.05. The summed E-state index contributed by atoms with van der Waals surface area (Å²) >= 11 is 0. The Balaban J connectivity index is 3.14. The van der Waals surface area contributed by atoms with Crippen molar-refractivity contribution >= 4 is 12.1 Å². The fraction of sp³-hybridized carbons (Fsp3) is 0.667. The smallest absolute Gasteiger partial charge is 0.236 e. The Hall–Kier alpha value is -0.860. The Kier molecular flexibility index (Phi) is 4.78. The van der Waals surface area contributed by atoms with E-state index >= 15 is 0 Å². The molecule has 0 saturated carbocycles. The zero-order chi connectivity index (χ0) is 7.11. The number of unbranched alkanes of at least 4 members (excludes halogenated alkanes) is 1. The lowest BCUT2D eigenvalue weighted by Crippen LogP contribution is -2.11. The molecule has 0 heterocycles. The molecule has 0 aromatic rings. The Bertz CT molecular complexity index is 110. The molecule has 9 heavy (non-hydrogen) atoms. The van der Waals surface area contributed by atoms with Crippen LogP contribution >= 0.6 is 0 Å². The van der Waals surface area contributed by atoms with E-state index in [9.17, 15) is 4.79 Å². The van der Waals surface area contributed by atoms with Crippen LogP contribution in [-0.4, -0.2) is 12.1 Å². The summed E-state index contributed by atoms with van der Waals surface area (Å²) in [6, 6.07) is 0. The highest BCUT2D eigenvalue weighted by Crippen LogP contribution is 1.78. The first-order chi connectivity index (χ1) is 4.27. The first-order valence-corrected chi connectivity index (χ1v) is 3.05. The molecule has 0 atom stereocenters. The summed E-state index contributed by atoms with van der Waals surface area (Å²) in [5.41, 5.74) is 2.31. The molecule has 0 aliphatic carbocycles. The highest BCUT2D eigenvalue weighted by Gasteiger charge is 1.80. The second kappa shape index (κ2) is 5.28. The summed E-state index contributed by atoms with van der Waals surface area (Å²) < 4.78 is 0. The van der Waals surface area contributed by atoms with Gasteiger partial charge in [-0.2, -0.15) is 5.10 Å². The van der Waals surface area contributed by atoms with E-state index in [0.29, 0.717) is 0 Å². The molecule has 3 heteroatoms. The van der Waals surface area contributed by atoms with Gasteiger partial charge in [0.15, 0.2) is 0 Å². The van der Waals surface area contributed by atoms with E-state index in [2.05, 4.69) is 17.5 Å². The largest absolute Gasteiger partial charge is 0.274 e. The summed E-state index contributed by atoms with van der Waals surface area (Å²) in [6.07, 6.45) is 3.67. The van der Waals surface area contributed by atoms with Crippen molar-refractivity contribution in [1.82, 2.24) is 5.43 Å². The molecule has 0 saturated heterocycles. The van der Waals surface area contributed by atoms with E-state index in [1.54, 1.807) is 6.21 Å². The van der Waals surface area contributed by atoms with Crippen molar-refractivity contribution < 1.29 is 4.79 Å². The Labute approximate surface area is 55.1 Å². The molecular formula is C6H12N2O. The van der Waals surface area contributed by atoms with Gasteiger partial charge in [-0.25, -0.2) is 5.43 Å². The van der Waals surface area contributed by atoms with Crippen LogP contribution in [0.15, 0.2) is 5.10 Å². The van der Waals surface area contributed by atoms with Crippen molar-refractivity contribution in [2.24, 2.45) is 5.10 Å². The molecule has 52 valence electrons. The van der Waals surface area contributed by atoms with E-state index in [1.165, 1.54) is 6.92 Å². The van der Waals surface area contributed by atoms with Gasteiger partial charge >= 0.3 is 0 Å². The first kappa shape index (κ1) is 8.14. The van der Waals surface area contributed by atoms with Crippen LogP contribution in [0.5, 0.6) is 0 Å². The molecule has 0 aromatic carbocycles. The Morgan fingerprint density at radius 3 is 2.89 bits per heavy atom. The van der Waals surface area contributed by atoms with Gasteiger partial charge in [-0.05, 0) is 6.42 Å².